The van der Waals surface area contributed by atoms with Gasteiger partial charge in [0.1, 0.15) is 0 Å². The molecule has 2 heterocycles. The predicted molar refractivity (Wildman–Crippen MR) is 58.7 cm³/mol. The molecule has 1 fully saturated rings. The molecule has 5 heteroatoms. The van der Waals surface area contributed by atoms with Crippen LogP contribution in [0.1, 0.15) is 23.4 Å². The molecule has 0 saturated carbocycles. The zero-order valence-electron chi connectivity index (χ0n) is 9.64. The molecule has 1 unspecified atom stereocenters. The van der Waals surface area contributed by atoms with Crippen LogP contribution in [-0.4, -0.2) is 18.1 Å². The summed E-state index contributed by atoms with van der Waals surface area (Å²) in [7, 11) is 0. The number of pyridine rings is 1. The van der Waals surface area contributed by atoms with Gasteiger partial charge in [0, 0.05) is 5.69 Å². The molecule has 1 N–H and O–H groups in total. The highest BCUT2D eigenvalue weighted by atomic mass is 19.4. The molecule has 0 radical (unpaired) electrons. The third-order valence-electron chi connectivity index (χ3n) is 3.06. The molecular weight excluding hydrogens is 229 g/mol. The van der Waals surface area contributed by atoms with Gasteiger partial charge >= 0.3 is 6.18 Å². The third kappa shape index (κ3) is 2.97. The molecule has 0 spiro atoms. The minimum atomic E-state index is -4.30. The Morgan fingerprint density at radius 2 is 2.18 bits per heavy atom. The van der Waals surface area contributed by atoms with Crippen molar-refractivity contribution >= 4 is 0 Å². The van der Waals surface area contributed by atoms with E-state index in [-0.39, 0.29) is 11.6 Å². The first kappa shape index (κ1) is 12.4. The molecule has 1 aliphatic heterocycles. The second-order valence-electron chi connectivity index (χ2n) is 4.51. The first-order chi connectivity index (χ1) is 7.97. The van der Waals surface area contributed by atoms with Gasteiger partial charge in [-0.05, 0) is 50.9 Å². The number of nitrogens with one attached hydrogen (secondary N) is 1. The fraction of sp³-hybridized carbons (Fsp3) is 0.583. The van der Waals surface area contributed by atoms with E-state index in [1.54, 1.807) is 6.92 Å². The smallest absolute Gasteiger partial charge is 0.316 e. The average Bonchev–Trinajstić information content (AvgIpc) is 2.68. The minimum Gasteiger partial charge on any atom is -0.316 e. The fourth-order valence-corrected chi connectivity index (χ4v) is 2.19. The van der Waals surface area contributed by atoms with Crippen molar-refractivity contribution in [2.75, 3.05) is 13.1 Å². The monoisotopic (exact) mass is 244 g/mol. The van der Waals surface area contributed by atoms with Gasteiger partial charge in [0.2, 0.25) is 0 Å². The SMILES string of the molecule is Cc1ccc(C(F)(F)F)c(CC2CCNC2)n1. The van der Waals surface area contributed by atoms with Crippen molar-refractivity contribution in [1.29, 1.82) is 0 Å². The van der Waals surface area contributed by atoms with E-state index >= 15 is 0 Å². The molecule has 94 valence electrons. The van der Waals surface area contributed by atoms with Gasteiger partial charge in [-0.15, -0.1) is 0 Å². The lowest BCUT2D eigenvalue weighted by Crippen LogP contribution is -2.16. The van der Waals surface area contributed by atoms with Gasteiger partial charge in [-0.2, -0.15) is 13.2 Å². The summed E-state index contributed by atoms with van der Waals surface area (Å²) in [5.41, 5.74) is 0.236. The summed E-state index contributed by atoms with van der Waals surface area (Å²) in [6.45, 7) is 3.39. The Labute approximate surface area is 98.2 Å². The normalized spacial score (nSPS) is 20.8. The Hall–Kier alpha value is -1.10. The number of aromatic nitrogens is 1. The fourth-order valence-electron chi connectivity index (χ4n) is 2.19. The van der Waals surface area contributed by atoms with Crippen molar-refractivity contribution in [3.63, 3.8) is 0 Å². The van der Waals surface area contributed by atoms with Crippen LogP contribution in [0.2, 0.25) is 0 Å². The molecule has 17 heavy (non-hydrogen) atoms. The van der Waals surface area contributed by atoms with E-state index in [0.29, 0.717) is 12.1 Å². The zero-order valence-corrected chi connectivity index (χ0v) is 9.64. The Balaban J connectivity index is 2.26. The summed E-state index contributed by atoms with van der Waals surface area (Å²) in [6.07, 6.45) is -2.97. The van der Waals surface area contributed by atoms with E-state index in [1.807, 2.05) is 0 Å². The molecule has 1 aromatic rings. The van der Waals surface area contributed by atoms with Gasteiger partial charge in [0.05, 0.1) is 11.3 Å². The third-order valence-corrected chi connectivity index (χ3v) is 3.06. The van der Waals surface area contributed by atoms with Crippen LogP contribution in [-0.2, 0) is 12.6 Å². The van der Waals surface area contributed by atoms with Gasteiger partial charge in [-0.25, -0.2) is 0 Å². The Morgan fingerprint density at radius 3 is 2.76 bits per heavy atom. The highest BCUT2D eigenvalue weighted by molar-refractivity contribution is 5.26. The predicted octanol–water partition coefficient (Wildman–Crippen LogP) is 2.56. The quantitative estimate of drug-likeness (QED) is 0.864. The van der Waals surface area contributed by atoms with Crippen molar-refractivity contribution < 1.29 is 13.2 Å². The molecule has 2 nitrogen and oxygen atoms in total. The van der Waals surface area contributed by atoms with Crippen LogP contribution in [0.25, 0.3) is 0 Å². The van der Waals surface area contributed by atoms with Crippen molar-refractivity contribution in [3.8, 4) is 0 Å². The number of aryl methyl sites for hydroxylation is 1. The molecule has 0 aliphatic carbocycles. The first-order valence-electron chi connectivity index (χ1n) is 5.71. The first-order valence-corrected chi connectivity index (χ1v) is 5.71. The van der Waals surface area contributed by atoms with Crippen LogP contribution in [0, 0.1) is 12.8 Å². The second kappa shape index (κ2) is 4.64. The standard InChI is InChI=1S/C12H15F3N2/c1-8-2-3-10(12(13,14)15)11(17-8)6-9-4-5-16-7-9/h2-3,9,16H,4-7H2,1H3. The van der Waals surface area contributed by atoms with Gasteiger partial charge < -0.3 is 5.32 Å². The molecule has 1 saturated heterocycles. The lowest BCUT2D eigenvalue weighted by Gasteiger charge is -2.15. The zero-order chi connectivity index (χ0) is 12.5. The van der Waals surface area contributed by atoms with E-state index in [4.69, 9.17) is 0 Å². The molecular formula is C12H15F3N2. The van der Waals surface area contributed by atoms with E-state index in [0.717, 1.165) is 25.6 Å². The summed E-state index contributed by atoms with van der Waals surface area (Å²) < 4.78 is 38.4. The van der Waals surface area contributed by atoms with Crippen LogP contribution >= 0.6 is 0 Å². The lowest BCUT2D eigenvalue weighted by molar-refractivity contribution is -0.138. The Bertz CT molecular complexity index is 395. The number of hydrogen-bond donors (Lipinski definition) is 1. The van der Waals surface area contributed by atoms with Crippen LogP contribution < -0.4 is 5.32 Å². The van der Waals surface area contributed by atoms with Gasteiger partial charge in [0.25, 0.3) is 0 Å². The number of halogens is 3. The van der Waals surface area contributed by atoms with Crippen LogP contribution in [0.15, 0.2) is 12.1 Å². The molecule has 1 aliphatic rings. The topological polar surface area (TPSA) is 24.9 Å². The van der Waals surface area contributed by atoms with Gasteiger partial charge in [-0.1, -0.05) is 0 Å². The largest absolute Gasteiger partial charge is 0.418 e. The van der Waals surface area contributed by atoms with E-state index < -0.39 is 11.7 Å². The highest BCUT2D eigenvalue weighted by Gasteiger charge is 2.34. The van der Waals surface area contributed by atoms with Crippen LogP contribution in [0.3, 0.4) is 0 Å². The lowest BCUT2D eigenvalue weighted by atomic mass is 9.98. The Morgan fingerprint density at radius 1 is 1.41 bits per heavy atom. The molecule has 1 atom stereocenters. The molecule has 0 amide bonds. The highest BCUT2D eigenvalue weighted by Crippen LogP contribution is 2.32. The molecule has 0 bridgehead atoms. The van der Waals surface area contributed by atoms with Gasteiger partial charge in [0.15, 0.2) is 0 Å². The Kier molecular flexibility index (Phi) is 3.38. The van der Waals surface area contributed by atoms with E-state index in [9.17, 15) is 13.2 Å². The summed E-state index contributed by atoms with van der Waals surface area (Å²) in [4.78, 5) is 4.06. The summed E-state index contributed by atoms with van der Waals surface area (Å²) >= 11 is 0. The minimum absolute atomic E-state index is 0.186. The number of rotatable bonds is 2. The van der Waals surface area contributed by atoms with E-state index in [1.165, 1.54) is 6.07 Å². The average molecular weight is 244 g/mol. The number of hydrogen-bond acceptors (Lipinski definition) is 2. The van der Waals surface area contributed by atoms with Crippen LogP contribution in [0.5, 0.6) is 0 Å². The molecule has 0 aromatic carbocycles. The number of alkyl halides is 3. The van der Waals surface area contributed by atoms with Crippen molar-refractivity contribution in [3.05, 3.63) is 29.1 Å². The molecule has 1 aromatic heterocycles. The maximum atomic E-state index is 12.8. The molecule has 2 rings (SSSR count). The van der Waals surface area contributed by atoms with Crippen molar-refractivity contribution in [1.82, 2.24) is 10.3 Å². The maximum absolute atomic E-state index is 12.8. The van der Waals surface area contributed by atoms with Gasteiger partial charge in [-0.3, -0.25) is 4.98 Å². The maximum Gasteiger partial charge on any atom is 0.418 e. The van der Waals surface area contributed by atoms with Crippen LogP contribution in [0.4, 0.5) is 13.2 Å². The van der Waals surface area contributed by atoms with E-state index in [2.05, 4.69) is 10.3 Å². The van der Waals surface area contributed by atoms with Crippen molar-refractivity contribution in [2.24, 2.45) is 5.92 Å². The van der Waals surface area contributed by atoms with Crippen molar-refractivity contribution in [2.45, 2.75) is 25.9 Å². The summed E-state index contributed by atoms with van der Waals surface area (Å²) in [5, 5.41) is 3.16. The second-order valence-corrected chi connectivity index (χ2v) is 4.51. The summed E-state index contributed by atoms with van der Waals surface area (Å²) in [6, 6.07) is 2.55. The number of nitrogens with zero attached hydrogens (tertiary/aromatic N) is 1. The summed E-state index contributed by atoms with van der Waals surface area (Å²) in [5.74, 6) is 0.269.